The fourth-order valence-electron chi connectivity index (χ4n) is 1.60. The van der Waals surface area contributed by atoms with Crippen molar-refractivity contribution in [3.05, 3.63) is 29.8 Å². The summed E-state index contributed by atoms with van der Waals surface area (Å²) in [4.78, 5) is 11.8. The number of hydrogen-bond donors (Lipinski definition) is 2. The standard InChI is InChI=1S/C13H19NO4S/c1-9-5-7-11(8-6-9)19(17,18)14-10(2)12(15)13(3,4)16/h5-8,10,14,16H,1-4H3/t10-/m1/s1. The zero-order valence-electron chi connectivity index (χ0n) is 11.5. The van der Waals surface area contributed by atoms with Crippen molar-refractivity contribution in [1.29, 1.82) is 0 Å². The first-order valence-electron chi connectivity index (χ1n) is 5.90. The average molecular weight is 285 g/mol. The Kier molecular flexibility index (Phi) is 4.50. The van der Waals surface area contributed by atoms with Gasteiger partial charge in [0.05, 0.1) is 10.9 Å². The highest BCUT2D eigenvalue weighted by Crippen LogP contribution is 2.12. The summed E-state index contributed by atoms with van der Waals surface area (Å²) in [5.74, 6) is -0.580. The maximum Gasteiger partial charge on any atom is 0.241 e. The second kappa shape index (κ2) is 5.40. The van der Waals surface area contributed by atoms with Gasteiger partial charge in [0.1, 0.15) is 5.60 Å². The van der Waals surface area contributed by atoms with Crippen LogP contribution in [0.25, 0.3) is 0 Å². The Hall–Kier alpha value is -1.24. The molecule has 1 aromatic rings. The van der Waals surface area contributed by atoms with Crippen LogP contribution in [-0.2, 0) is 14.8 Å². The number of rotatable bonds is 5. The van der Waals surface area contributed by atoms with Gasteiger partial charge in [-0.1, -0.05) is 17.7 Å². The zero-order valence-corrected chi connectivity index (χ0v) is 12.3. The van der Waals surface area contributed by atoms with Crippen molar-refractivity contribution >= 4 is 15.8 Å². The Morgan fingerprint density at radius 2 is 1.74 bits per heavy atom. The molecule has 0 heterocycles. The number of aryl methyl sites for hydroxylation is 1. The Morgan fingerprint density at radius 1 is 1.26 bits per heavy atom. The molecule has 0 unspecified atom stereocenters. The fourth-order valence-corrected chi connectivity index (χ4v) is 2.80. The molecule has 0 amide bonds. The molecule has 5 nitrogen and oxygen atoms in total. The second-order valence-electron chi connectivity index (χ2n) is 5.08. The first-order valence-corrected chi connectivity index (χ1v) is 7.38. The van der Waals surface area contributed by atoms with Crippen molar-refractivity contribution in [3.8, 4) is 0 Å². The quantitative estimate of drug-likeness (QED) is 0.845. The van der Waals surface area contributed by atoms with Gasteiger partial charge in [-0.05, 0) is 39.8 Å². The zero-order chi connectivity index (χ0) is 14.8. The largest absolute Gasteiger partial charge is 0.383 e. The van der Waals surface area contributed by atoms with Crippen LogP contribution in [-0.4, -0.2) is 31.0 Å². The number of aliphatic hydroxyl groups is 1. The van der Waals surface area contributed by atoms with E-state index in [-0.39, 0.29) is 4.90 Å². The third-order valence-corrected chi connectivity index (χ3v) is 4.22. The van der Waals surface area contributed by atoms with Crippen molar-refractivity contribution in [2.75, 3.05) is 0 Å². The summed E-state index contributed by atoms with van der Waals surface area (Å²) >= 11 is 0. The van der Waals surface area contributed by atoms with Crippen LogP contribution in [0.15, 0.2) is 29.2 Å². The third-order valence-electron chi connectivity index (χ3n) is 2.66. The first-order chi connectivity index (χ1) is 8.54. The van der Waals surface area contributed by atoms with E-state index in [1.54, 1.807) is 12.1 Å². The molecule has 0 aromatic heterocycles. The van der Waals surface area contributed by atoms with Gasteiger partial charge in [-0.3, -0.25) is 4.79 Å². The van der Waals surface area contributed by atoms with Crippen LogP contribution in [0.1, 0.15) is 26.3 Å². The number of Topliss-reactive ketones (excluding diaryl/α,β-unsaturated/α-hetero) is 1. The normalized spacial score (nSPS) is 14.2. The topological polar surface area (TPSA) is 83.5 Å². The molecule has 2 N–H and O–H groups in total. The summed E-state index contributed by atoms with van der Waals surface area (Å²) < 4.78 is 26.3. The van der Waals surface area contributed by atoms with Crippen LogP contribution in [0.4, 0.5) is 0 Å². The van der Waals surface area contributed by atoms with E-state index in [0.717, 1.165) is 5.56 Å². The number of sulfonamides is 1. The van der Waals surface area contributed by atoms with Crippen molar-refractivity contribution < 1.29 is 18.3 Å². The lowest BCUT2D eigenvalue weighted by Crippen LogP contribution is -2.47. The number of benzene rings is 1. The Morgan fingerprint density at radius 3 is 2.16 bits per heavy atom. The molecule has 19 heavy (non-hydrogen) atoms. The van der Waals surface area contributed by atoms with E-state index in [1.807, 2.05) is 6.92 Å². The van der Waals surface area contributed by atoms with E-state index >= 15 is 0 Å². The summed E-state index contributed by atoms with van der Waals surface area (Å²) in [6, 6.07) is 5.30. The molecular weight excluding hydrogens is 266 g/mol. The van der Waals surface area contributed by atoms with Crippen LogP contribution < -0.4 is 4.72 Å². The van der Waals surface area contributed by atoms with Gasteiger partial charge in [0.25, 0.3) is 0 Å². The van der Waals surface area contributed by atoms with E-state index in [4.69, 9.17) is 0 Å². The van der Waals surface area contributed by atoms with E-state index in [9.17, 15) is 18.3 Å². The van der Waals surface area contributed by atoms with Gasteiger partial charge >= 0.3 is 0 Å². The van der Waals surface area contributed by atoms with Crippen LogP contribution in [0.3, 0.4) is 0 Å². The van der Waals surface area contributed by atoms with Crippen LogP contribution in [0.2, 0.25) is 0 Å². The summed E-state index contributed by atoms with van der Waals surface area (Å²) in [5.41, 5.74) is -0.630. The van der Waals surface area contributed by atoms with E-state index in [2.05, 4.69) is 4.72 Å². The molecule has 0 aliphatic rings. The predicted molar refractivity (Wildman–Crippen MR) is 72.3 cm³/mol. The molecule has 0 spiro atoms. The number of ketones is 1. The number of hydrogen-bond acceptors (Lipinski definition) is 4. The molecule has 0 bridgehead atoms. The summed E-state index contributed by atoms with van der Waals surface area (Å²) in [6.45, 7) is 5.91. The van der Waals surface area contributed by atoms with E-state index in [0.29, 0.717) is 0 Å². The lowest BCUT2D eigenvalue weighted by molar-refractivity contribution is -0.135. The molecule has 0 aliphatic carbocycles. The molecule has 1 atom stereocenters. The highest BCUT2D eigenvalue weighted by Gasteiger charge is 2.31. The third kappa shape index (κ3) is 4.12. The minimum atomic E-state index is -3.76. The summed E-state index contributed by atoms with van der Waals surface area (Å²) in [7, 11) is -3.76. The van der Waals surface area contributed by atoms with Crippen molar-refractivity contribution in [2.45, 2.75) is 44.2 Å². The number of nitrogens with one attached hydrogen (secondary N) is 1. The van der Waals surface area contributed by atoms with Crippen molar-refractivity contribution in [2.24, 2.45) is 0 Å². The molecule has 0 radical (unpaired) electrons. The Balaban J connectivity index is 2.92. The smallest absolute Gasteiger partial charge is 0.241 e. The van der Waals surface area contributed by atoms with E-state index in [1.165, 1.54) is 32.9 Å². The maximum atomic E-state index is 12.0. The van der Waals surface area contributed by atoms with Gasteiger partial charge in [-0.2, -0.15) is 0 Å². The Labute approximate surface area is 113 Å². The van der Waals surface area contributed by atoms with Gasteiger partial charge < -0.3 is 5.11 Å². The second-order valence-corrected chi connectivity index (χ2v) is 6.79. The van der Waals surface area contributed by atoms with Gasteiger partial charge in [-0.15, -0.1) is 0 Å². The molecule has 1 rings (SSSR count). The molecule has 0 fully saturated rings. The van der Waals surface area contributed by atoms with Crippen LogP contribution in [0.5, 0.6) is 0 Å². The van der Waals surface area contributed by atoms with Gasteiger partial charge in [0.15, 0.2) is 5.78 Å². The maximum absolute atomic E-state index is 12.0. The van der Waals surface area contributed by atoms with Crippen LogP contribution >= 0.6 is 0 Å². The van der Waals surface area contributed by atoms with Crippen LogP contribution in [0, 0.1) is 6.92 Å². The minimum Gasteiger partial charge on any atom is -0.383 e. The van der Waals surface area contributed by atoms with Gasteiger partial charge in [0.2, 0.25) is 10.0 Å². The minimum absolute atomic E-state index is 0.0912. The monoisotopic (exact) mass is 285 g/mol. The lowest BCUT2D eigenvalue weighted by Gasteiger charge is -2.21. The molecule has 0 saturated heterocycles. The molecular formula is C13H19NO4S. The SMILES string of the molecule is Cc1ccc(S(=O)(=O)N[C@H](C)C(=O)C(C)(C)O)cc1. The molecule has 1 aromatic carbocycles. The highest BCUT2D eigenvalue weighted by atomic mass is 32.2. The summed E-state index contributed by atoms with van der Waals surface area (Å²) in [5, 5.41) is 9.58. The van der Waals surface area contributed by atoms with Gasteiger partial charge in [-0.25, -0.2) is 13.1 Å². The van der Waals surface area contributed by atoms with Crippen molar-refractivity contribution in [1.82, 2.24) is 4.72 Å². The van der Waals surface area contributed by atoms with E-state index < -0.39 is 27.4 Å². The van der Waals surface area contributed by atoms with Gasteiger partial charge in [0, 0.05) is 0 Å². The predicted octanol–water partition coefficient (Wildman–Crippen LogP) is 1.00. The number of carbonyl (C=O) groups excluding carboxylic acids is 1. The lowest BCUT2D eigenvalue weighted by atomic mass is 9.99. The molecule has 106 valence electrons. The molecule has 0 aliphatic heterocycles. The molecule has 6 heteroatoms. The fraction of sp³-hybridized carbons (Fsp3) is 0.462. The average Bonchev–Trinajstić information content (AvgIpc) is 2.26. The Bertz CT molecular complexity index is 555. The highest BCUT2D eigenvalue weighted by molar-refractivity contribution is 7.89. The summed E-state index contributed by atoms with van der Waals surface area (Å²) in [6.07, 6.45) is 0. The number of carbonyl (C=O) groups is 1. The van der Waals surface area contributed by atoms with Crippen molar-refractivity contribution in [3.63, 3.8) is 0 Å². The first kappa shape index (κ1) is 15.8. The molecule has 0 saturated carbocycles.